The van der Waals surface area contributed by atoms with E-state index in [0.717, 1.165) is 21.5 Å². The van der Waals surface area contributed by atoms with Gasteiger partial charge in [-0.3, -0.25) is 4.79 Å². The zero-order valence-electron chi connectivity index (χ0n) is 10.6. The number of hydrogen-bond acceptors (Lipinski definition) is 4. The van der Waals surface area contributed by atoms with Gasteiger partial charge in [-0.15, -0.1) is 11.3 Å². The summed E-state index contributed by atoms with van der Waals surface area (Å²) in [6, 6.07) is 7.65. The van der Waals surface area contributed by atoms with Crippen LogP contribution < -0.4 is 5.32 Å². The summed E-state index contributed by atoms with van der Waals surface area (Å²) in [6.45, 7) is 0.210. The summed E-state index contributed by atoms with van der Waals surface area (Å²) in [6.07, 6.45) is 3.60. The summed E-state index contributed by atoms with van der Waals surface area (Å²) < 4.78 is 0. The zero-order valence-corrected chi connectivity index (χ0v) is 11.4. The largest absolute Gasteiger partial charge is 0.395 e. The van der Waals surface area contributed by atoms with Crippen LogP contribution >= 0.6 is 11.3 Å². The Balaban J connectivity index is 0.00000121. The molecule has 3 heterocycles. The quantitative estimate of drug-likeness (QED) is 0.691. The number of hydrogen-bond donors (Lipinski definition) is 3. The second-order valence-electron chi connectivity index (χ2n) is 4.24. The summed E-state index contributed by atoms with van der Waals surface area (Å²) in [5.74, 6) is -0.158. The average Bonchev–Trinajstić information content (AvgIpc) is 3.12. The molecule has 3 rings (SSSR count). The number of carbonyl (C=O) groups is 1. The van der Waals surface area contributed by atoms with E-state index in [-0.39, 0.29) is 21.9 Å². The van der Waals surface area contributed by atoms with Gasteiger partial charge in [-0.1, -0.05) is 0 Å². The Bertz CT molecular complexity index is 757. The van der Waals surface area contributed by atoms with Gasteiger partial charge in [-0.05, 0) is 24.3 Å². The van der Waals surface area contributed by atoms with Crippen LogP contribution in [0, 0.1) is 0 Å². The molecule has 1 amide bonds. The fraction of sp³-hybridized carbons (Fsp3) is 0.143. The van der Waals surface area contributed by atoms with Crippen LogP contribution in [0.5, 0.6) is 0 Å². The summed E-state index contributed by atoms with van der Waals surface area (Å²) in [5.41, 5.74) is 1.89. The summed E-state index contributed by atoms with van der Waals surface area (Å²) in [4.78, 5) is 20.8. The molecule has 0 atom stereocenters. The molecule has 6 heteroatoms. The van der Waals surface area contributed by atoms with E-state index in [1.165, 1.54) is 11.3 Å². The summed E-state index contributed by atoms with van der Waals surface area (Å²) in [5, 5.41) is 12.4. The van der Waals surface area contributed by atoms with Crippen molar-refractivity contribution in [3.05, 3.63) is 41.5 Å². The van der Waals surface area contributed by atoms with Gasteiger partial charge in [0.05, 0.1) is 11.5 Å². The van der Waals surface area contributed by atoms with E-state index in [1.807, 2.05) is 24.4 Å². The van der Waals surface area contributed by atoms with Crippen molar-refractivity contribution in [2.45, 2.75) is 0 Å². The number of aliphatic hydroxyl groups is 1. The predicted octanol–water partition coefficient (Wildman–Crippen LogP) is 2.51. The number of nitrogens with zero attached hydrogens (tertiary/aromatic N) is 1. The molecular weight excluding hydrogens is 274 g/mol. The first-order valence-electron chi connectivity index (χ1n) is 6.21. The van der Waals surface area contributed by atoms with E-state index in [0.29, 0.717) is 4.88 Å². The molecule has 0 saturated heterocycles. The first-order chi connectivity index (χ1) is 9.79. The number of rotatable bonds is 4. The number of nitrogens with one attached hydrogen (secondary N) is 2. The molecule has 0 unspecified atom stereocenters. The third kappa shape index (κ3) is 2.31. The second-order valence-corrected chi connectivity index (χ2v) is 5.33. The maximum Gasteiger partial charge on any atom is 0.261 e. The van der Waals surface area contributed by atoms with E-state index in [1.54, 1.807) is 12.3 Å². The normalized spacial score (nSPS) is 10.8. The molecule has 5 nitrogen and oxygen atoms in total. The number of amides is 1. The third-order valence-electron chi connectivity index (χ3n) is 2.95. The molecule has 106 valence electrons. The highest BCUT2D eigenvalue weighted by Crippen LogP contribution is 2.32. The standard InChI is InChI=1S/C14H13N3O2S.2H2/c18-8-7-17-14(19)12-2-1-11(20-12)9-3-5-15-13-10(9)4-6-16-13;;/h1-6,18H,7-8H2,(H,15,16)(H,17,19);2*1H. The van der Waals surface area contributed by atoms with Crippen LogP contribution in [0.3, 0.4) is 0 Å². The molecule has 0 aliphatic rings. The number of carbonyl (C=O) groups excluding carboxylic acids is 1. The van der Waals surface area contributed by atoms with Crippen molar-refractivity contribution in [1.82, 2.24) is 15.3 Å². The van der Waals surface area contributed by atoms with Gasteiger partial charge in [-0.2, -0.15) is 0 Å². The first kappa shape index (κ1) is 12.8. The predicted molar refractivity (Wildman–Crippen MR) is 83.1 cm³/mol. The van der Waals surface area contributed by atoms with Crippen molar-refractivity contribution < 1.29 is 12.8 Å². The number of aliphatic hydroxyl groups excluding tert-OH is 1. The fourth-order valence-electron chi connectivity index (χ4n) is 2.04. The zero-order chi connectivity index (χ0) is 13.9. The Morgan fingerprint density at radius 2 is 2.30 bits per heavy atom. The van der Waals surface area contributed by atoms with Gasteiger partial charge in [0.1, 0.15) is 5.65 Å². The Kier molecular flexibility index (Phi) is 3.49. The lowest BCUT2D eigenvalue weighted by atomic mass is 10.1. The highest BCUT2D eigenvalue weighted by molar-refractivity contribution is 7.17. The van der Waals surface area contributed by atoms with Crippen molar-refractivity contribution >= 4 is 28.3 Å². The number of H-pyrrole nitrogens is 1. The van der Waals surface area contributed by atoms with Crippen molar-refractivity contribution in [2.24, 2.45) is 0 Å². The third-order valence-corrected chi connectivity index (χ3v) is 4.07. The van der Waals surface area contributed by atoms with E-state index >= 15 is 0 Å². The van der Waals surface area contributed by atoms with Crippen molar-refractivity contribution in [3.63, 3.8) is 0 Å². The lowest BCUT2D eigenvalue weighted by Gasteiger charge is -2.00. The molecule has 0 bridgehead atoms. The highest BCUT2D eigenvalue weighted by Gasteiger charge is 2.12. The van der Waals surface area contributed by atoms with Gasteiger partial charge in [0.15, 0.2) is 0 Å². The monoisotopic (exact) mass is 291 g/mol. The molecule has 3 aromatic heterocycles. The van der Waals surface area contributed by atoms with Crippen LogP contribution in [0.2, 0.25) is 0 Å². The van der Waals surface area contributed by atoms with Crippen molar-refractivity contribution in [1.29, 1.82) is 0 Å². The van der Waals surface area contributed by atoms with Crippen LogP contribution in [-0.2, 0) is 0 Å². The van der Waals surface area contributed by atoms with Crippen LogP contribution in [0.4, 0.5) is 0 Å². The van der Waals surface area contributed by atoms with Crippen LogP contribution in [-0.4, -0.2) is 34.1 Å². The van der Waals surface area contributed by atoms with E-state index < -0.39 is 0 Å². The van der Waals surface area contributed by atoms with Crippen LogP contribution in [0.15, 0.2) is 36.7 Å². The smallest absolute Gasteiger partial charge is 0.261 e. The Morgan fingerprint density at radius 1 is 1.40 bits per heavy atom. The molecule has 0 saturated carbocycles. The molecular formula is C14H17N3O2S. The molecule has 0 aliphatic heterocycles. The summed E-state index contributed by atoms with van der Waals surface area (Å²) in [7, 11) is 0. The Morgan fingerprint density at radius 3 is 3.15 bits per heavy atom. The van der Waals surface area contributed by atoms with Gasteiger partial charge in [-0.25, -0.2) is 4.98 Å². The Labute approximate surface area is 122 Å². The number of aromatic amines is 1. The van der Waals surface area contributed by atoms with Gasteiger partial charge in [0, 0.05) is 37.6 Å². The van der Waals surface area contributed by atoms with Crippen LogP contribution in [0.1, 0.15) is 12.5 Å². The molecule has 3 aromatic rings. The van der Waals surface area contributed by atoms with Gasteiger partial charge < -0.3 is 15.4 Å². The average molecular weight is 291 g/mol. The van der Waals surface area contributed by atoms with Gasteiger partial charge in [0.2, 0.25) is 0 Å². The molecule has 3 N–H and O–H groups in total. The van der Waals surface area contributed by atoms with Gasteiger partial charge in [0.25, 0.3) is 5.91 Å². The van der Waals surface area contributed by atoms with E-state index in [2.05, 4.69) is 15.3 Å². The van der Waals surface area contributed by atoms with E-state index in [4.69, 9.17) is 5.11 Å². The minimum atomic E-state index is -0.158. The minimum Gasteiger partial charge on any atom is -0.395 e. The molecule has 0 spiro atoms. The number of thiophene rings is 1. The molecule has 20 heavy (non-hydrogen) atoms. The number of pyridine rings is 1. The van der Waals surface area contributed by atoms with Crippen molar-refractivity contribution in [3.8, 4) is 10.4 Å². The topological polar surface area (TPSA) is 78.0 Å². The maximum atomic E-state index is 11.8. The fourth-order valence-corrected chi connectivity index (χ4v) is 3.00. The van der Waals surface area contributed by atoms with Gasteiger partial charge >= 0.3 is 0 Å². The minimum absolute atomic E-state index is 0. The lowest BCUT2D eigenvalue weighted by Crippen LogP contribution is -2.25. The second kappa shape index (κ2) is 5.44. The number of aromatic nitrogens is 2. The van der Waals surface area contributed by atoms with E-state index in [9.17, 15) is 4.79 Å². The van der Waals surface area contributed by atoms with Crippen molar-refractivity contribution in [2.75, 3.05) is 13.2 Å². The SMILES string of the molecule is O=C(NCCO)c1ccc(-c2ccnc3[nH]ccc23)s1.[HH].[HH]. The molecule has 0 aromatic carbocycles. The summed E-state index contributed by atoms with van der Waals surface area (Å²) >= 11 is 1.43. The molecule has 0 radical (unpaired) electrons. The van der Waals surface area contributed by atoms with Crippen LogP contribution in [0.25, 0.3) is 21.5 Å². The highest BCUT2D eigenvalue weighted by atomic mass is 32.1. The molecule has 0 aliphatic carbocycles. The lowest BCUT2D eigenvalue weighted by molar-refractivity contribution is 0.0949. The first-order valence-corrected chi connectivity index (χ1v) is 7.02. The molecule has 0 fully saturated rings. The maximum absolute atomic E-state index is 11.8. The number of fused-ring (bicyclic) bond motifs is 1. The Hall–Kier alpha value is -2.18.